The van der Waals surface area contributed by atoms with Crippen LogP contribution in [0.25, 0.3) is 0 Å². The minimum Gasteiger partial charge on any atom is -0.462 e. The van der Waals surface area contributed by atoms with Crippen molar-refractivity contribution in [3.8, 4) is 0 Å². The normalized spacial score (nSPS) is 12.1. The minimum absolute atomic E-state index is 0.0639. The van der Waals surface area contributed by atoms with Crippen LogP contribution in [-0.4, -0.2) is 37.2 Å². The largest absolute Gasteiger partial charge is 0.462 e. The van der Waals surface area contributed by atoms with E-state index in [-0.39, 0.29) is 31.1 Å². The second-order valence-corrected chi connectivity index (χ2v) is 18.8. The summed E-state index contributed by atoms with van der Waals surface area (Å²) in [4.78, 5) is 37.9. The zero-order valence-corrected chi connectivity index (χ0v) is 39.7. The van der Waals surface area contributed by atoms with Crippen molar-refractivity contribution < 1.29 is 28.6 Å². The lowest BCUT2D eigenvalue weighted by molar-refractivity contribution is -0.167. The zero-order chi connectivity index (χ0) is 42.6. The fourth-order valence-corrected chi connectivity index (χ4v) is 7.81. The summed E-state index contributed by atoms with van der Waals surface area (Å²) in [6, 6.07) is 0. The van der Waals surface area contributed by atoms with Crippen molar-refractivity contribution >= 4 is 17.9 Å². The minimum atomic E-state index is -0.761. The highest BCUT2D eigenvalue weighted by Gasteiger charge is 2.19. The van der Waals surface area contributed by atoms with Crippen LogP contribution in [0.1, 0.15) is 285 Å². The Morgan fingerprint density at radius 2 is 0.569 bits per heavy atom. The molecule has 0 unspecified atom stereocenters. The molecule has 0 heterocycles. The van der Waals surface area contributed by atoms with E-state index >= 15 is 0 Å². The summed E-state index contributed by atoms with van der Waals surface area (Å²) >= 11 is 0. The fraction of sp³-hybridized carbons (Fsp3) is 0.942. The first kappa shape index (κ1) is 56.4. The summed E-state index contributed by atoms with van der Waals surface area (Å²) in [5.74, 6) is 0.785. The number of hydrogen-bond acceptors (Lipinski definition) is 6. The van der Waals surface area contributed by atoms with E-state index in [1.807, 2.05) is 0 Å². The van der Waals surface area contributed by atoms with Crippen molar-refractivity contribution in [1.29, 1.82) is 0 Å². The average molecular weight is 821 g/mol. The number of carbonyl (C=O) groups excluding carboxylic acids is 3. The molecule has 0 bridgehead atoms. The molecule has 0 spiro atoms. The average Bonchev–Trinajstić information content (AvgIpc) is 3.19. The molecule has 0 saturated heterocycles. The Morgan fingerprint density at radius 1 is 0.328 bits per heavy atom. The summed E-state index contributed by atoms with van der Waals surface area (Å²) in [7, 11) is 0. The van der Waals surface area contributed by atoms with Gasteiger partial charge in [0.2, 0.25) is 0 Å². The van der Waals surface area contributed by atoms with Gasteiger partial charge >= 0.3 is 17.9 Å². The van der Waals surface area contributed by atoms with E-state index in [9.17, 15) is 14.4 Å². The Kier molecular flexibility index (Phi) is 43.7. The first-order chi connectivity index (χ1) is 28.2. The van der Waals surface area contributed by atoms with Crippen LogP contribution in [0, 0.1) is 11.8 Å². The highest BCUT2D eigenvalue weighted by atomic mass is 16.6. The molecule has 0 aromatic rings. The first-order valence-corrected chi connectivity index (χ1v) is 25.7. The number of ether oxygens (including phenoxy) is 3. The van der Waals surface area contributed by atoms with Crippen molar-refractivity contribution in [2.24, 2.45) is 11.8 Å². The second kappa shape index (κ2) is 44.9. The molecule has 0 saturated carbocycles. The maximum Gasteiger partial charge on any atom is 0.306 e. The Balaban J connectivity index is 4.31. The molecular weight excluding hydrogens is 721 g/mol. The molecule has 0 aliphatic rings. The molecule has 58 heavy (non-hydrogen) atoms. The van der Waals surface area contributed by atoms with Gasteiger partial charge in [-0.15, -0.1) is 0 Å². The van der Waals surface area contributed by atoms with Gasteiger partial charge in [-0.3, -0.25) is 14.4 Å². The van der Waals surface area contributed by atoms with E-state index < -0.39 is 6.10 Å². The fourth-order valence-electron chi connectivity index (χ4n) is 7.81. The molecule has 0 aromatic carbocycles. The number of hydrogen-bond donors (Lipinski definition) is 0. The summed E-state index contributed by atoms with van der Waals surface area (Å²) < 4.78 is 16.8. The Labute approximate surface area is 361 Å². The van der Waals surface area contributed by atoms with Gasteiger partial charge in [0.05, 0.1) is 0 Å². The molecule has 0 aliphatic carbocycles. The van der Waals surface area contributed by atoms with Gasteiger partial charge in [-0.05, 0) is 31.1 Å². The molecule has 0 aliphatic heterocycles. The lowest BCUT2D eigenvalue weighted by Gasteiger charge is -2.18. The van der Waals surface area contributed by atoms with Crippen molar-refractivity contribution in [1.82, 2.24) is 0 Å². The highest BCUT2D eigenvalue weighted by molar-refractivity contribution is 5.71. The van der Waals surface area contributed by atoms with Crippen LogP contribution in [0.2, 0.25) is 0 Å². The lowest BCUT2D eigenvalue weighted by atomic mass is 10.0. The Hall–Kier alpha value is -1.59. The molecule has 0 rings (SSSR count). The first-order valence-electron chi connectivity index (χ1n) is 25.7. The predicted octanol–water partition coefficient (Wildman–Crippen LogP) is 16.5. The third-order valence-corrected chi connectivity index (χ3v) is 11.7. The van der Waals surface area contributed by atoms with Gasteiger partial charge in [-0.2, -0.15) is 0 Å². The van der Waals surface area contributed by atoms with Crippen LogP contribution in [0.15, 0.2) is 0 Å². The van der Waals surface area contributed by atoms with Crippen LogP contribution >= 0.6 is 0 Å². The van der Waals surface area contributed by atoms with Crippen LogP contribution in [0.5, 0.6) is 0 Å². The molecule has 0 aromatic heterocycles. The number of unbranched alkanes of at least 4 members (excludes halogenated alkanes) is 31. The molecule has 1 atom stereocenters. The maximum atomic E-state index is 12.8. The lowest BCUT2D eigenvalue weighted by Crippen LogP contribution is -2.30. The number of carbonyl (C=O) groups is 3. The number of rotatable bonds is 46. The third-order valence-electron chi connectivity index (χ3n) is 11.7. The Bertz CT molecular complexity index is 885. The van der Waals surface area contributed by atoms with Crippen molar-refractivity contribution in [2.75, 3.05) is 13.2 Å². The van der Waals surface area contributed by atoms with Gasteiger partial charge in [0.25, 0.3) is 0 Å². The third kappa shape index (κ3) is 45.5. The van der Waals surface area contributed by atoms with Crippen molar-refractivity contribution in [3.63, 3.8) is 0 Å². The highest BCUT2D eigenvalue weighted by Crippen LogP contribution is 2.17. The molecule has 0 N–H and O–H groups in total. The summed E-state index contributed by atoms with van der Waals surface area (Å²) in [6.45, 7) is 11.3. The maximum absolute atomic E-state index is 12.8. The van der Waals surface area contributed by atoms with E-state index in [0.717, 1.165) is 69.6 Å². The van der Waals surface area contributed by atoms with Gasteiger partial charge in [-0.1, -0.05) is 247 Å². The molecule has 344 valence electrons. The molecule has 0 radical (unpaired) electrons. The van der Waals surface area contributed by atoms with E-state index in [0.29, 0.717) is 19.3 Å². The van der Waals surface area contributed by atoms with Gasteiger partial charge in [-0.25, -0.2) is 0 Å². The molecule has 6 heteroatoms. The van der Waals surface area contributed by atoms with Gasteiger partial charge < -0.3 is 14.2 Å². The molecule has 6 nitrogen and oxygen atoms in total. The summed E-state index contributed by atoms with van der Waals surface area (Å²) in [6.07, 6.45) is 45.2. The smallest absolute Gasteiger partial charge is 0.306 e. The topological polar surface area (TPSA) is 78.9 Å². The SMILES string of the molecule is CCCCCCCCCCCCCCCC(=O)OC[C@@H](COC(=O)CCCCCCCCCCC(C)C)OC(=O)CCCCCCCCCCCCCCCC(C)C. The van der Waals surface area contributed by atoms with Gasteiger partial charge in [0.1, 0.15) is 13.2 Å². The summed E-state index contributed by atoms with van der Waals surface area (Å²) in [5.41, 5.74) is 0. The second-order valence-electron chi connectivity index (χ2n) is 18.8. The van der Waals surface area contributed by atoms with Crippen LogP contribution in [0.4, 0.5) is 0 Å². The Morgan fingerprint density at radius 3 is 0.845 bits per heavy atom. The van der Waals surface area contributed by atoms with E-state index in [1.165, 1.54) is 173 Å². The molecule has 0 amide bonds. The van der Waals surface area contributed by atoms with Crippen LogP contribution in [0.3, 0.4) is 0 Å². The van der Waals surface area contributed by atoms with Gasteiger partial charge in [0, 0.05) is 19.3 Å². The van der Waals surface area contributed by atoms with Crippen molar-refractivity contribution in [2.45, 2.75) is 291 Å². The van der Waals surface area contributed by atoms with Crippen LogP contribution in [-0.2, 0) is 28.6 Å². The van der Waals surface area contributed by atoms with E-state index in [4.69, 9.17) is 14.2 Å². The van der Waals surface area contributed by atoms with E-state index in [2.05, 4.69) is 34.6 Å². The standard InChI is InChI=1S/C52H100O6/c1-6-7-8-9-10-11-12-14-18-21-27-32-37-42-50(53)56-45-49(46-57-51(54)43-38-33-28-24-23-26-31-36-41-48(4)5)58-52(55)44-39-34-29-22-19-16-13-15-17-20-25-30-35-40-47(2)3/h47-49H,6-46H2,1-5H3/t49-/m0/s1. The summed E-state index contributed by atoms with van der Waals surface area (Å²) in [5, 5.41) is 0. The predicted molar refractivity (Wildman–Crippen MR) is 247 cm³/mol. The monoisotopic (exact) mass is 821 g/mol. The van der Waals surface area contributed by atoms with Gasteiger partial charge in [0.15, 0.2) is 6.10 Å². The number of esters is 3. The quantitative estimate of drug-likeness (QED) is 0.0346. The van der Waals surface area contributed by atoms with Crippen molar-refractivity contribution in [3.05, 3.63) is 0 Å². The van der Waals surface area contributed by atoms with Crippen LogP contribution < -0.4 is 0 Å². The molecular formula is C52H100O6. The van der Waals surface area contributed by atoms with E-state index in [1.54, 1.807) is 0 Å². The zero-order valence-electron chi connectivity index (χ0n) is 39.7. The molecule has 0 fully saturated rings.